The Hall–Kier alpha value is -0.870. The molecule has 0 saturated heterocycles. The molecule has 6 atom stereocenters. The Balaban J connectivity index is 0.000000321. The zero-order chi connectivity index (χ0) is 21.7. The molecule has 0 heterocycles. The van der Waals surface area contributed by atoms with Gasteiger partial charge >= 0.3 is 0 Å². The predicted molar refractivity (Wildman–Crippen MR) is 119 cm³/mol. The van der Waals surface area contributed by atoms with Gasteiger partial charge in [0.2, 0.25) is 5.91 Å². The standard InChI is InChI=1S/C19H32O2.C6H13NO/c1-13-4-5-14-10-15(6-8-18(13,14)2)19(3)9-7-17(21)11-16(19)12-20;1-3-4-5-6(8)7-2/h14-17,20-21H,1,4-12H2,2-3H3;3-5H2,1-2H3,(H,7,8). The molecule has 0 aromatic rings. The third-order valence-electron chi connectivity index (χ3n) is 8.78. The number of unbranched alkanes of at least 4 members (excludes halogenated alkanes) is 1. The van der Waals surface area contributed by atoms with E-state index in [4.69, 9.17) is 0 Å². The van der Waals surface area contributed by atoms with Crippen molar-refractivity contribution in [3.63, 3.8) is 0 Å². The first-order valence-electron chi connectivity index (χ1n) is 11.9. The molecule has 0 bridgehead atoms. The van der Waals surface area contributed by atoms with Gasteiger partial charge in [0.15, 0.2) is 0 Å². The Kier molecular flexibility index (Phi) is 8.78. The van der Waals surface area contributed by atoms with E-state index in [0.29, 0.717) is 17.8 Å². The first-order valence-corrected chi connectivity index (χ1v) is 11.9. The van der Waals surface area contributed by atoms with Crippen LogP contribution in [0, 0.1) is 28.6 Å². The normalized spacial score (nSPS) is 39.3. The van der Waals surface area contributed by atoms with Crippen LogP contribution in [-0.4, -0.2) is 35.9 Å². The lowest BCUT2D eigenvalue weighted by molar-refractivity contribution is -0.120. The second kappa shape index (κ2) is 10.4. The van der Waals surface area contributed by atoms with E-state index >= 15 is 0 Å². The van der Waals surface area contributed by atoms with Gasteiger partial charge in [-0.1, -0.05) is 39.3 Å². The van der Waals surface area contributed by atoms with Gasteiger partial charge in [0.25, 0.3) is 0 Å². The SMILES string of the molecule is C=C1CCC2CC(C3(C)CCC(O)CC3CO)CCC12C.CCCCC(=O)NC. The Labute approximate surface area is 178 Å². The molecule has 0 spiro atoms. The van der Waals surface area contributed by atoms with Crippen molar-refractivity contribution in [1.82, 2.24) is 5.32 Å². The highest BCUT2D eigenvalue weighted by atomic mass is 16.3. The van der Waals surface area contributed by atoms with Crippen LogP contribution < -0.4 is 5.32 Å². The molecule has 3 aliphatic rings. The van der Waals surface area contributed by atoms with Crippen molar-refractivity contribution in [2.24, 2.45) is 28.6 Å². The van der Waals surface area contributed by atoms with E-state index in [-0.39, 0.29) is 30.0 Å². The lowest BCUT2D eigenvalue weighted by atomic mass is 9.53. The Morgan fingerprint density at radius 3 is 2.52 bits per heavy atom. The molecular weight excluding hydrogens is 362 g/mol. The number of carbonyl (C=O) groups is 1. The molecule has 0 aromatic heterocycles. The van der Waals surface area contributed by atoms with Crippen molar-refractivity contribution >= 4 is 5.91 Å². The summed E-state index contributed by atoms with van der Waals surface area (Å²) in [4.78, 5) is 10.5. The average Bonchev–Trinajstić information content (AvgIpc) is 3.02. The quantitative estimate of drug-likeness (QED) is 0.571. The van der Waals surface area contributed by atoms with Crippen LogP contribution in [0.5, 0.6) is 0 Å². The van der Waals surface area contributed by atoms with Gasteiger partial charge in [-0.05, 0) is 86.4 Å². The van der Waals surface area contributed by atoms with Crippen LogP contribution in [0.4, 0.5) is 0 Å². The summed E-state index contributed by atoms with van der Waals surface area (Å²) in [5.41, 5.74) is 2.09. The number of hydrogen-bond acceptors (Lipinski definition) is 3. The molecule has 3 aliphatic carbocycles. The number of nitrogens with one attached hydrogen (secondary N) is 1. The summed E-state index contributed by atoms with van der Waals surface area (Å²) < 4.78 is 0. The molecule has 1 amide bonds. The van der Waals surface area contributed by atoms with Crippen molar-refractivity contribution in [2.45, 2.75) is 97.5 Å². The van der Waals surface area contributed by atoms with Crippen LogP contribution in [-0.2, 0) is 4.79 Å². The molecule has 4 heteroatoms. The number of amides is 1. The summed E-state index contributed by atoms with van der Waals surface area (Å²) in [6, 6.07) is 0. The lowest BCUT2D eigenvalue weighted by Gasteiger charge is -2.52. The van der Waals surface area contributed by atoms with E-state index < -0.39 is 0 Å². The van der Waals surface area contributed by atoms with Gasteiger partial charge in [0, 0.05) is 20.1 Å². The molecule has 0 aliphatic heterocycles. The summed E-state index contributed by atoms with van der Waals surface area (Å²) in [5, 5.41) is 22.3. The fourth-order valence-electron chi connectivity index (χ4n) is 6.21. The maximum absolute atomic E-state index is 10.5. The molecule has 3 N–H and O–H groups in total. The minimum Gasteiger partial charge on any atom is -0.396 e. The maximum Gasteiger partial charge on any atom is 0.219 e. The first kappa shape index (κ1) is 24.4. The number of aliphatic hydroxyl groups excluding tert-OH is 2. The van der Waals surface area contributed by atoms with Crippen molar-refractivity contribution in [1.29, 1.82) is 0 Å². The maximum atomic E-state index is 10.5. The van der Waals surface area contributed by atoms with Crippen LogP contribution in [0.15, 0.2) is 12.2 Å². The fourth-order valence-corrected chi connectivity index (χ4v) is 6.21. The van der Waals surface area contributed by atoms with Gasteiger partial charge in [-0.2, -0.15) is 0 Å². The fraction of sp³-hybridized carbons (Fsp3) is 0.880. The second-order valence-electron chi connectivity index (χ2n) is 10.3. The number of hydrogen-bond donors (Lipinski definition) is 3. The number of fused-ring (bicyclic) bond motifs is 1. The monoisotopic (exact) mass is 407 g/mol. The minimum atomic E-state index is -0.199. The van der Waals surface area contributed by atoms with E-state index in [0.717, 1.165) is 38.0 Å². The topological polar surface area (TPSA) is 69.6 Å². The van der Waals surface area contributed by atoms with Gasteiger partial charge < -0.3 is 15.5 Å². The minimum absolute atomic E-state index is 0.145. The highest BCUT2D eigenvalue weighted by Gasteiger charge is 2.51. The van der Waals surface area contributed by atoms with E-state index in [2.05, 4.69) is 32.7 Å². The van der Waals surface area contributed by atoms with E-state index in [1.807, 2.05) is 0 Å². The molecule has 4 nitrogen and oxygen atoms in total. The zero-order valence-corrected chi connectivity index (χ0v) is 19.3. The Morgan fingerprint density at radius 1 is 1.17 bits per heavy atom. The molecular formula is C25H45NO3. The van der Waals surface area contributed by atoms with Crippen LogP contribution in [0.25, 0.3) is 0 Å². The number of aliphatic hydroxyl groups is 2. The van der Waals surface area contributed by atoms with Gasteiger partial charge in [0.1, 0.15) is 0 Å². The third kappa shape index (κ3) is 5.44. The average molecular weight is 408 g/mol. The van der Waals surface area contributed by atoms with Gasteiger partial charge in [-0.3, -0.25) is 4.79 Å². The molecule has 168 valence electrons. The second-order valence-corrected chi connectivity index (χ2v) is 10.3. The summed E-state index contributed by atoms with van der Waals surface area (Å²) >= 11 is 0. The molecule has 3 fully saturated rings. The molecule has 6 unspecified atom stereocenters. The molecule has 3 saturated carbocycles. The van der Waals surface area contributed by atoms with Crippen LogP contribution in [0.1, 0.15) is 91.4 Å². The van der Waals surface area contributed by atoms with Gasteiger partial charge in [0.05, 0.1) is 6.10 Å². The Bertz CT molecular complexity index is 562. The summed E-state index contributed by atoms with van der Waals surface area (Å²) in [6.45, 7) is 11.5. The molecule has 3 rings (SSSR count). The molecule has 29 heavy (non-hydrogen) atoms. The molecule has 0 aromatic carbocycles. The summed E-state index contributed by atoms with van der Waals surface area (Å²) in [7, 11) is 1.66. The zero-order valence-electron chi connectivity index (χ0n) is 19.3. The van der Waals surface area contributed by atoms with E-state index in [1.54, 1.807) is 7.05 Å². The van der Waals surface area contributed by atoms with Crippen molar-refractivity contribution in [3.05, 3.63) is 12.2 Å². The smallest absolute Gasteiger partial charge is 0.219 e. The summed E-state index contributed by atoms with van der Waals surface area (Å²) in [5.74, 6) is 1.94. The number of allylic oxidation sites excluding steroid dienone is 1. The largest absolute Gasteiger partial charge is 0.396 e. The van der Waals surface area contributed by atoms with Crippen LogP contribution in [0.2, 0.25) is 0 Å². The van der Waals surface area contributed by atoms with Gasteiger partial charge in [-0.15, -0.1) is 0 Å². The number of rotatable bonds is 5. The third-order valence-corrected chi connectivity index (χ3v) is 8.78. The lowest BCUT2D eigenvalue weighted by Crippen LogP contribution is -2.46. The number of carbonyl (C=O) groups excluding carboxylic acids is 1. The van der Waals surface area contributed by atoms with Gasteiger partial charge in [-0.25, -0.2) is 0 Å². The van der Waals surface area contributed by atoms with Crippen LogP contribution >= 0.6 is 0 Å². The highest BCUT2D eigenvalue weighted by molar-refractivity contribution is 5.75. The van der Waals surface area contributed by atoms with Crippen molar-refractivity contribution in [3.8, 4) is 0 Å². The summed E-state index contributed by atoms with van der Waals surface area (Å²) in [6.07, 6.45) is 11.7. The predicted octanol–water partition coefficient (Wildman–Crippen LogP) is 4.84. The highest BCUT2D eigenvalue weighted by Crippen LogP contribution is 2.61. The first-order chi connectivity index (χ1) is 13.7. The van der Waals surface area contributed by atoms with E-state index in [1.165, 1.54) is 37.7 Å². The Morgan fingerprint density at radius 2 is 1.90 bits per heavy atom. The van der Waals surface area contributed by atoms with Crippen LogP contribution in [0.3, 0.4) is 0 Å². The van der Waals surface area contributed by atoms with Crippen molar-refractivity contribution < 1.29 is 15.0 Å². The molecule has 0 radical (unpaired) electrons. The van der Waals surface area contributed by atoms with Crippen molar-refractivity contribution in [2.75, 3.05) is 13.7 Å². The van der Waals surface area contributed by atoms with E-state index in [9.17, 15) is 15.0 Å².